The lowest BCUT2D eigenvalue weighted by atomic mass is 9.98. The molecule has 0 fully saturated rings. The molecule has 72 valence electrons. The summed E-state index contributed by atoms with van der Waals surface area (Å²) in [5, 5.41) is 8.61. The van der Waals surface area contributed by atoms with E-state index in [0.29, 0.717) is 0 Å². The summed E-state index contributed by atoms with van der Waals surface area (Å²) >= 11 is 0. The summed E-state index contributed by atoms with van der Waals surface area (Å²) in [4.78, 5) is 10.5. The fourth-order valence-electron chi connectivity index (χ4n) is 1.51. The van der Waals surface area contributed by atoms with Crippen molar-refractivity contribution in [2.75, 3.05) is 0 Å². The standard InChI is InChI=1S/C10H14O3/c1-6(4-10(11)12)9-5-7(2)13-8(9)3/h5-6H,4H2,1-3H3,(H,11,12). The lowest BCUT2D eigenvalue weighted by Crippen LogP contribution is -2.02. The van der Waals surface area contributed by atoms with Crippen molar-refractivity contribution >= 4 is 5.97 Å². The molecule has 0 saturated heterocycles. The second kappa shape index (κ2) is 3.64. The quantitative estimate of drug-likeness (QED) is 0.781. The maximum absolute atomic E-state index is 10.5. The van der Waals surface area contributed by atoms with Gasteiger partial charge in [0.1, 0.15) is 11.5 Å². The van der Waals surface area contributed by atoms with Crippen molar-refractivity contribution in [1.29, 1.82) is 0 Å². The Morgan fingerprint density at radius 1 is 1.62 bits per heavy atom. The smallest absolute Gasteiger partial charge is 0.303 e. The number of hydrogen-bond donors (Lipinski definition) is 1. The minimum Gasteiger partial charge on any atom is -0.481 e. The largest absolute Gasteiger partial charge is 0.481 e. The molecule has 3 nitrogen and oxygen atoms in total. The van der Waals surface area contributed by atoms with Crippen LogP contribution in [0.3, 0.4) is 0 Å². The fourth-order valence-corrected chi connectivity index (χ4v) is 1.51. The Morgan fingerprint density at radius 2 is 2.23 bits per heavy atom. The van der Waals surface area contributed by atoms with Crippen LogP contribution in [0.15, 0.2) is 10.5 Å². The van der Waals surface area contributed by atoms with Crippen LogP contribution in [0.2, 0.25) is 0 Å². The average Bonchev–Trinajstić information content (AvgIpc) is 2.28. The van der Waals surface area contributed by atoms with E-state index in [1.807, 2.05) is 26.8 Å². The monoisotopic (exact) mass is 182 g/mol. The molecule has 1 N–H and O–H groups in total. The molecule has 1 unspecified atom stereocenters. The van der Waals surface area contributed by atoms with E-state index in [2.05, 4.69) is 0 Å². The van der Waals surface area contributed by atoms with Gasteiger partial charge >= 0.3 is 5.97 Å². The summed E-state index contributed by atoms with van der Waals surface area (Å²) in [5.74, 6) is 0.914. The highest BCUT2D eigenvalue weighted by atomic mass is 16.4. The summed E-state index contributed by atoms with van der Waals surface area (Å²) in [7, 11) is 0. The third kappa shape index (κ3) is 2.34. The van der Waals surface area contributed by atoms with E-state index in [4.69, 9.17) is 9.52 Å². The maximum Gasteiger partial charge on any atom is 0.303 e. The molecule has 0 spiro atoms. The van der Waals surface area contributed by atoms with Crippen molar-refractivity contribution in [3.8, 4) is 0 Å². The number of carbonyl (C=O) groups is 1. The molecule has 0 radical (unpaired) electrons. The number of hydrogen-bond acceptors (Lipinski definition) is 2. The molecule has 0 aliphatic rings. The average molecular weight is 182 g/mol. The Morgan fingerprint density at radius 3 is 2.62 bits per heavy atom. The van der Waals surface area contributed by atoms with E-state index in [-0.39, 0.29) is 12.3 Å². The van der Waals surface area contributed by atoms with Gasteiger partial charge in [-0.1, -0.05) is 6.92 Å². The predicted octanol–water partition coefficient (Wildman–Crippen LogP) is 2.47. The van der Waals surface area contributed by atoms with E-state index in [1.165, 1.54) is 0 Å². The molecule has 1 rings (SSSR count). The summed E-state index contributed by atoms with van der Waals surface area (Å²) in [6, 6.07) is 1.91. The zero-order valence-electron chi connectivity index (χ0n) is 8.13. The van der Waals surface area contributed by atoms with Gasteiger partial charge < -0.3 is 9.52 Å². The Labute approximate surface area is 77.4 Å². The van der Waals surface area contributed by atoms with Gasteiger partial charge in [-0.3, -0.25) is 4.79 Å². The third-order valence-electron chi connectivity index (χ3n) is 2.09. The van der Waals surface area contributed by atoms with Crippen LogP contribution >= 0.6 is 0 Å². The van der Waals surface area contributed by atoms with Gasteiger partial charge in [-0.2, -0.15) is 0 Å². The molecule has 0 saturated carbocycles. The Balaban J connectivity index is 2.81. The fraction of sp³-hybridized carbons (Fsp3) is 0.500. The van der Waals surface area contributed by atoms with E-state index in [1.54, 1.807) is 0 Å². The van der Waals surface area contributed by atoms with E-state index >= 15 is 0 Å². The molecule has 1 atom stereocenters. The highest BCUT2D eigenvalue weighted by Crippen LogP contribution is 2.25. The van der Waals surface area contributed by atoms with Gasteiger partial charge in [0.25, 0.3) is 0 Å². The molecule has 1 aromatic rings. The Bertz CT molecular complexity index is 312. The van der Waals surface area contributed by atoms with Crippen molar-refractivity contribution in [3.63, 3.8) is 0 Å². The molecule has 1 heterocycles. The maximum atomic E-state index is 10.5. The van der Waals surface area contributed by atoms with Crippen molar-refractivity contribution < 1.29 is 14.3 Å². The minimum atomic E-state index is -0.772. The van der Waals surface area contributed by atoms with Gasteiger partial charge in [0, 0.05) is 0 Å². The summed E-state index contributed by atoms with van der Waals surface area (Å²) in [6.45, 7) is 5.62. The van der Waals surface area contributed by atoms with Crippen LogP contribution in [-0.2, 0) is 4.79 Å². The highest BCUT2D eigenvalue weighted by molar-refractivity contribution is 5.68. The van der Waals surface area contributed by atoms with Crippen LogP contribution < -0.4 is 0 Å². The molecule has 3 heteroatoms. The number of rotatable bonds is 3. The summed E-state index contributed by atoms with van der Waals surface area (Å²) in [6.07, 6.45) is 0.153. The number of furan rings is 1. The van der Waals surface area contributed by atoms with Gasteiger partial charge in [-0.15, -0.1) is 0 Å². The van der Waals surface area contributed by atoms with Crippen LogP contribution in [0, 0.1) is 13.8 Å². The summed E-state index contributed by atoms with van der Waals surface area (Å²) < 4.78 is 5.32. The molecule has 0 aliphatic carbocycles. The predicted molar refractivity (Wildman–Crippen MR) is 48.8 cm³/mol. The molecular weight excluding hydrogens is 168 g/mol. The lowest BCUT2D eigenvalue weighted by Gasteiger charge is -2.05. The van der Waals surface area contributed by atoms with E-state index in [0.717, 1.165) is 17.1 Å². The van der Waals surface area contributed by atoms with Crippen molar-refractivity contribution in [2.24, 2.45) is 0 Å². The highest BCUT2D eigenvalue weighted by Gasteiger charge is 2.15. The number of aliphatic carboxylic acids is 1. The Kier molecular flexibility index (Phi) is 2.76. The first-order valence-electron chi connectivity index (χ1n) is 4.29. The number of carboxylic acids is 1. The van der Waals surface area contributed by atoms with Crippen LogP contribution in [0.1, 0.15) is 36.3 Å². The van der Waals surface area contributed by atoms with Crippen molar-refractivity contribution in [1.82, 2.24) is 0 Å². The first-order valence-corrected chi connectivity index (χ1v) is 4.29. The zero-order valence-corrected chi connectivity index (χ0v) is 8.13. The molecule has 13 heavy (non-hydrogen) atoms. The van der Waals surface area contributed by atoms with Crippen molar-refractivity contribution in [2.45, 2.75) is 33.1 Å². The molecule has 0 aliphatic heterocycles. The molecule has 0 amide bonds. The SMILES string of the molecule is Cc1cc(C(C)CC(=O)O)c(C)o1. The Hall–Kier alpha value is -1.25. The lowest BCUT2D eigenvalue weighted by molar-refractivity contribution is -0.137. The van der Waals surface area contributed by atoms with Gasteiger partial charge in [0.2, 0.25) is 0 Å². The molecule has 0 aromatic carbocycles. The van der Waals surface area contributed by atoms with Crippen LogP contribution in [-0.4, -0.2) is 11.1 Å². The van der Waals surface area contributed by atoms with Crippen molar-refractivity contribution in [3.05, 3.63) is 23.2 Å². The van der Waals surface area contributed by atoms with Gasteiger partial charge in [0.15, 0.2) is 0 Å². The first kappa shape index (κ1) is 9.84. The topological polar surface area (TPSA) is 50.4 Å². The minimum absolute atomic E-state index is 0.0231. The second-order valence-corrected chi connectivity index (χ2v) is 3.37. The van der Waals surface area contributed by atoms with Gasteiger partial charge in [-0.05, 0) is 31.4 Å². The first-order chi connectivity index (χ1) is 6.00. The second-order valence-electron chi connectivity index (χ2n) is 3.37. The van der Waals surface area contributed by atoms with Crippen LogP contribution in [0.5, 0.6) is 0 Å². The zero-order chi connectivity index (χ0) is 10.0. The summed E-state index contributed by atoms with van der Waals surface area (Å²) in [5.41, 5.74) is 1.000. The normalized spacial score (nSPS) is 12.8. The number of carboxylic acid groups (broad SMARTS) is 1. The van der Waals surface area contributed by atoms with E-state index < -0.39 is 5.97 Å². The van der Waals surface area contributed by atoms with Gasteiger partial charge in [-0.25, -0.2) is 0 Å². The van der Waals surface area contributed by atoms with Gasteiger partial charge in [0.05, 0.1) is 6.42 Å². The number of aryl methyl sites for hydroxylation is 2. The van der Waals surface area contributed by atoms with Crippen LogP contribution in [0.4, 0.5) is 0 Å². The molecular formula is C10H14O3. The van der Waals surface area contributed by atoms with E-state index in [9.17, 15) is 4.79 Å². The third-order valence-corrected chi connectivity index (χ3v) is 2.09. The molecule has 0 bridgehead atoms. The van der Waals surface area contributed by atoms with Crippen LogP contribution in [0.25, 0.3) is 0 Å². The molecule has 1 aromatic heterocycles.